The van der Waals surface area contributed by atoms with Gasteiger partial charge in [0.1, 0.15) is 11.6 Å². The quantitative estimate of drug-likeness (QED) is 0.598. The summed E-state index contributed by atoms with van der Waals surface area (Å²) < 4.78 is 11.0. The second-order valence-electron chi connectivity index (χ2n) is 4.15. The molecule has 1 aromatic rings. The highest BCUT2D eigenvalue weighted by Crippen LogP contribution is 2.18. The summed E-state index contributed by atoms with van der Waals surface area (Å²) in [6.45, 7) is 4.13. The maximum atomic E-state index is 5.67. The number of ether oxygens (including phenoxy) is 2. The third kappa shape index (κ3) is 3.54. The monoisotopic (exact) mass is 238 g/mol. The zero-order valence-electron chi connectivity index (χ0n) is 9.98. The molecule has 0 radical (unpaired) electrons. The summed E-state index contributed by atoms with van der Waals surface area (Å²) >= 11 is 0. The fourth-order valence-corrected chi connectivity index (χ4v) is 1.80. The van der Waals surface area contributed by atoms with Gasteiger partial charge in [0.25, 0.3) is 0 Å². The molecular formula is C11H18N4O2. The highest BCUT2D eigenvalue weighted by atomic mass is 16.5. The average Bonchev–Trinajstić information content (AvgIpc) is 2.37. The van der Waals surface area contributed by atoms with Crippen LogP contribution in [0.2, 0.25) is 0 Å². The first-order valence-corrected chi connectivity index (χ1v) is 5.81. The van der Waals surface area contributed by atoms with Gasteiger partial charge in [0.15, 0.2) is 0 Å². The fraction of sp³-hybridized carbons (Fsp3) is 0.636. The smallest absolute Gasteiger partial charge is 0.218 e. The van der Waals surface area contributed by atoms with E-state index in [0.717, 1.165) is 26.1 Å². The van der Waals surface area contributed by atoms with Gasteiger partial charge < -0.3 is 14.9 Å². The molecule has 0 saturated carbocycles. The molecule has 1 aliphatic heterocycles. The van der Waals surface area contributed by atoms with Crippen molar-refractivity contribution in [3.8, 4) is 5.88 Å². The Kier molecular flexibility index (Phi) is 4.11. The maximum absolute atomic E-state index is 5.67. The summed E-state index contributed by atoms with van der Waals surface area (Å²) in [6.07, 6.45) is 2.10. The topological polar surface area (TPSA) is 82.3 Å². The maximum Gasteiger partial charge on any atom is 0.218 e. The van der Waals surface area contributed by atoms with Gasteiger partial charge in [-0.3, -0.25) is 0 Å². The van der Waals surface area contributed by atoms with Crippen LogP contribution in [0.1, 0.15) is 18.7 Å². The Bertz CT molecular complexity index is 366. The van der Waals surface area contributed by atoms with Crippen LogP contribution in [-0.4, -0.2) is 29.8 Å². The van der Waals surface area contributed by atoms with E-state index in [2.05, 4.69) is 15.4 Å². The van der Waals surface area contributed by atoms with E-state index < -0.39 is 0 Å². The molecule has 1 aliphatic rings. The lowest BCUT2D eigenvalue weighted by molar-refractivity contribution is 0.0490. The highest BCUT2D eigenvalue weighted by Gasteiger charge is 2.14. The largest absolute Gasteiger partial charge is 0.477 e. The van der Waals surface area contributed by atoms with E-state index in [4.69, 9.17) is 15.3 Å². The zero-order chi connectivity index (χ0) is 12.1. The lowest BCUT2D eigenvalue weighted by Crippen LogP contribution is -2.22. The number of aryl methyl sites for hydroxylation is 1. The predicted octanol–water partition coefficient (Wildman–Crippen LogP) is 0.876. The first kappa shape index (κ1) is 12.1. The van der Waals surface area contributed by atoms with Gasteiger partial charge in [-0.15, -0.1) is 0 Å². The molecule has 1 saturated heterocycles. The van der Waals surface area contributed by atoms with Crippen molar-refractivity contribution in [3.05, 3.63) is 11.9 Å². The molecule has 2 rings (SSSR count). The minimum Gasteiger partial charge on any atom is -0.477 e. The molecule has 0 atom stereocenters. The SMILES string of the molecule is Cc1nc(NN)cc(OCC2CCOCC2)n1. The van der Waals surface area contributed by atoms with E-state index >= 15 is 0 Å². The van der Waals surface area contributed by atoms with Gasteiger partial charge in [-0.1, -0.05) is 0 Å². The Morgan fingerprint density at radius 3 is 2.94 bits per heavy atom. The molecule has 17 heavy (non-hydrogen) atoms. The van der Waals surface area contributed by atoms with E-state index in [1.807, 2.05) is 6.92 Å². The number of nitrogens with zero attached hydrogens (tertiary/aromatic N) is 2. The molecule has 0 spiro atoms. The molecular weight excluding hydrogens is 220 g/mol. The van der Waals surface area contributed by atoms with Crippen molar-refractivity contribution in [2.75, 3.05) is 25.2 Å². The summed E-state index contributed by atoms with van der Waals surface area (Å²) in [5.41, 5.74) is 2.50. The number of hydrogen-bond acceptors (Lipinski definition) is 6. The zero-order valence-corrected chi connectivity index (χ0v) is 9.98. The van der Waals surface area contributed by atoms with Gasteiger partial charge in [-0.25, -0.2) is 10.8 Å². The third-order valence-electron chi connectivity index (χ3n) is 2.77. The Balaban J connectivity index is 1.91. The summed E-state index contributed by atoms with van der Waals surface area (Å²) in [5, 5.41) is 0. The molecule has 1 aromatic heterocycles. The molecule has 94 valence electrons. The van der Waals surface area contributed by atoms with E-state index in [0.29, 0.717) is 30.0 Å². The van der Waals surface area contributed by atoms with Crippen LogP contribution in [0.5, 0.6) is 5.88 Å². The molecule has 0 aromatic carbocycles. The van der Waals surface area contributed by atoms with E-state index in [-0.39, 0.29) is 0 Å². The summed E-state index contributed by atoms with van der Waals surface area (Å²) in [6, 6.07) is 1.70. The summed E-state index contributed by atoms with van der Waals surface area (Å²) in [7, 11) is 0. The standard InChI is InChI=1S/C11H18N4O2/c1-8-13-10(15-12)6-11(14-8)17-7-9-2-4-16-5-3-9/h6,9H,2-5,7,12H2,1H3,(H,13,14,15). The lowest BCUT2D eigenvalue weighted by atomic mass is 10.0. The van der Waals surface area contributed by atoms with Crippen molar-refractivity contribution in [2.24, 2.45) is 11.8 Å². The Labute approximate surface area is 101 Å². The van der Waals surface area contributed by atoms with Crippen molar-refractivity contribution in [3.63, 3.8) is 0 Å². The minimum absolute atomic E-state index is 0.549. The van der Waals surface area contributed by atoms with Crippen LogP contribution >= 0.6 is 0 Å². The van der Waals surface area contributed by atoms with Crippen LogP contribution in [0.3, 0.4) is 0 Å². The van der Waals surface area contributed by atoms with Crippen molar-refractivity contribution < 1.29 is 9.47 Å². The molecule has 6 heteroatoms. The molecule has 1 fully saturated rings. The third-order valence-corrected chi connectivity index (χ3v) is 2.77. The second-order valence-corrected chi connectivity index (χ2v) is 4.15. The molecule has 0 amide bonds. The van der Waals surface area contributed by atoms with Crippen LogP contribution in [0.25, 0.3) is 0 Å². The van der Waals surface area contributed by atoms with E-state index in [9.17, 15) is 0 Å². The first-order chi connectivity index (χ1) is 8.28. The number of hydrogen-bond donors (Lipinski definition) is 2. The number of hydrazine groups is 1. The van der Waals surface area contributed by atoms with Crippen LogP contribution in [0.15, 0.2) is 6.07 Å². The number of nitrogens with two attached hydrogens (primary N) is 1. The second kappa shape index (κ2) is 5.79. The minimum atomic E-state index is 0.549. The van der Waals surface area contributed by atoms with Gasteiger partial charge in [0.2, 0.25) is 5.88 Å². The lowest BCUT2D eigenvalue weighted by Gasteiger charge is -2.21. The molecule has 2 heterocycles. The molecule has 0 unspecified atom stereocenters. The van der Waals surface area contributed by atoms with Gasteiger partial charge in [0, 0.05) is 19.3 Å². The van der Waals surface area contributed by atoms with E-state index in [1.54, 1.807) is 6.07 Å². The van der Waals surface area contributed by atoms with Crippen molar-refractivity contribution in [2.45, 2.75) is 19.8 Å². The Morgan fingerprint density at radius 1 is 1.47 bits per heavy atom. The number of rotatable bonds is 4. The Hall–Kier alpha value is -1.40. The average molecular weight is 238 g/mol. The van der Waals surface area contributed by atoms with Crippen LogP contribution in [0, 0.1) is 12.8 Å². The first-order valence-electron chi connectivity index (χ1n) is 5.81. The van der Waals surface area contributed by atoms with Crippen LogP contribution in [0.4, 0.5) is 5.82 Å². The number of aromatic nitrogens is 2. The molecule has 6 nitrogen and oxygen atoms in total. The van der Waals surface area contributed by atoms with E-state index in [1.165, 1.54) is 0 Å². The predicted molar refractivity (Wildman–Crippen MR) is 63.6 cm³/mol. The van der Waals surface area contributed by atoms with Crippen LogP contribution < -0.4 is 16.0 Å². The normalized spacial score (nSPS) is 16.8. The van der Waals surface area contributed by atoms with Gasteiger partial charge >= 0.3 is 0 Å². The number of anilines is 1. The van der Waals surface area contributed by atoms with Gasteiger partial charge in [-0.05, 0) is 25.7 Å². The molecule has 0 bridgehead atoms. The Morgan fingerprint density at radius 2 is 2.24 bits per heavy atom. The van der Waals surface area contributed by atoms with Gasteiger partial charge in [0.05, 0.1) is 6.61 Å². The fourth-order valence-electron chi connectivity index (χ4n) is 1.80. The highest BCUT2D eigenvalue weighted by molar-refractivity contribution is 5.36. The van der Waals surface area contributed by atoms with Crippen molar-refractivity contribution in [1.29, 1.82) is 0 Å². The van der Waals surface area contributed by atoms with Crippen molar-refractivity contribution in [1.82, 2.24) is 9.97 Å². The van der Waals surface area contributed by atoms with Crippen molar-refractivity contribution >= 4 is 5.82 Å². The summed E-state index contributed by atoms with van der Waals surface area (Å²) in [4.78, 5) is 8.31. The van der Waals surface area contributed by atoms with Crippen LogP contribution in [-0.2, 0) is 4.74 Å². The van der Waals surface area contributed by atoms with Gasteiger partial charge in [-0.2, -0.15) is 4.98 Å². The molecule has 3 N–H and O–H groups in total. The number of nitrogen functional groups attached to an aromatic ring is 1. The molecule has 0 aliphatic carbocycles. The summed E-state index contributed by atoms with van der Waals surface area (Å²) in [5.74, 6) is 7.64. The number of nitrogens with one attached hydrogen (secondary N) is 1.